The summed E-state index contributed by atoms with van der Waals surface area (Å²) >= 11 is 0. The molecule has 0 unspecified atom stereocenters. The van der Waals surface area contributed by atoms with E-state index in [9.17, 15) is 18.0 Å². The molecule has 0 saturated carbocycles. The number of aryl methyl sites for hydroxylation is 1. The number of carboxylic acid groups (broad SMARTS) is 1. The van der Waals surface area contributed by atoms with Gasteiger partial charge in [-0.3, -0.25) is 9.48 Å². The van der Waals surface area contributed by atoms with Gasteiger partial charge in [0.1, 0.15) is 17.1 Å². The molecular formula is C29H33F3N8O5. The zero-order valence-electron chi connectivity index (χ0n) is 24.9. The first-order chi connectivity index (χ1) is 21.4. The van der Waals surface area contributed by atoms with Gasteiger partial charge in [-0.05, 0) is 37.5 Å². The molecule has 0 aliphatic carbocycles. The number of nitrogens with two attached hydrogens (primary N) is 1. The molecule has 1 aromatic carbocycles. The van der Waals surface area contributed by atoms with Crippen LogP contribution in [-0.2, 0) is 9.53 Å². The van der Waals surface area contributed by atoms with Crippen molar-refractivity contribution in [1.29, 1.82) is 0 Å². The van der Waals surface area contributed by atoms with Crippen molar-refractivity contribution in [2.24, 2.45) is 0 Å². The van der Waals surface area contributed by atoms with Crippen LogP contribution in [0.25, 0.3) is 28.3 Å². The summed E-state index contributed by atoms with van der Waals surface area (Å²) < 4.78 is 45.6. The van der Waals surface area contributed by atoms with Gasteiger partial charge in [0.25, 0.3) is 5.56 Å². The third kappa shape index (κ3) is 8.21. The highest BCUT2D eigenvalue weighted by atomic mass is 19.4. The number of benzene rings is 1. The normalized spacial score (nSPS) is 14.1. The average Bonchev–Trinajstić information content (AvgIpc) is 3.52. The first-order valence-electron chi connectivity index (χ1n) is 13.9. The van der Waals surface area contributed by atoms with Gasteiger partial charge in [-0.15, -0.1) is 0 Å². The second kappa shape index (κ2) is 14.3. The molecule has 13 nitrogen and oxygen atoms in total. The van der Waals surface area contributed by atoms with E-state index in [4.69, 9.17) is 30.1 Å². The molecule has 45 heavy (non-hydrogen) atoms. The number of methoxy groups -OCH3 is 2. The predicted molar refractivity (Wildman–Crippen MR) is 158 cm³/mol. The number of alkyl halides is 3. The maximum absolute atomic E-state index is 12.7. The van der Waals surface area contributed by atoms with Crippen molar-refractivity contribution in [2.75, 3.05) is 46.2 Å². The van der Waals surface area contributed by atoms with E-state index in [0.717, 1.165) is 50.2 Å². The number of aromatic nitrogens is 6. The van der Waals surface area contributed by atoms with Gasteiger partial charge in [0.05, 0.1) is 43.5 Å². The molecule has 0 radical (unpaired) electrons. The molecular weight excluding hydrogens is 597 g/mol. The Labute approximate surface area is 256 Å². The highest BCUT2D eigenvalue weighted by Gasteiger charge is 2.38. The summed E-state index contributed by atoms with van der Waals surface area (Å²) in [4.78, 5) is 33.2. The molecule has 0 atom stereocenters. The van der Waals surface area contributed by atoms with Crippen LogP contribution in [0.15, 0.2) is 53.7 Å². The molecule has 3 aromatic heterocycles. The fourth-order valence-electron chi connectivity index (χ4n) is 4.68. The Hall–Kier alpha value is -4.83. The number of nitrogens with zero attached hydrogens (tertiary/aromatic N) is 7. The Kier molecular flexibility index (Phi) is 10.5. The fraction of sp³-hybridized carbons (Fsp3) is 0.379. The molecule has 16 heteroatoms. The van der Waals surface area contributed by atoms with Crippen LogP contribution in [0, 0.1) is 6.92 Å². The maximum atomic E-state index is 12.7. The number of piperidine rings is 1. The van der Waals surface area contributed by atoms with Gasteiger partial charge in [0, 0.05) is 50.6 Å². The zero-order valence-corrected chi connectivity index (χ0v) is 24.9. The second-order valence-corrected chi connectivity index (χ2v) is 10.2. The number of ether oxygens (including phenoxy) is 2. The monoisotopic (exact) mass is 630 g/mol. The van der Waals surface area contributed by atoms with Crippen molar-refractivity contribution in [1.82, 2.24) is 34.4 Å². The largest absolute Gasteiger partial charge is 0.497 e. The van der Waals surface area contributed by atoms with E-state index in [1.165, 1.54) is 10.7 Å². The maximum Gasteiger partial charge on any atom is 0.490 e. The van der Waals surface area contributed by atoms with Crippen LogP contribution in [0.1, 0.15) is 24.4 Å². The molecule has 0 amide bonds. The predicted octanol–water partition coefficient (Wildman–Crippen LogP) is 3.37. The molecule has 240 valence electrons. The molecule has 1 aliphatic rings. The topological polar surface area (TPSA) is 164 Å². The molecule has 4 aromatic rings. The highest BCUT2D eigenvalue weighted by Crippen LogP contribution is 2.28. The molecule has 4 heterocycles. The smallest absolute Gasteiger partial charge is 0.490 e. The van der Waals surface area contributed by atoms with E-state index in [-0.39, 0.29) is 11.4 Å². The number of nitrogen functional groups attached to an aromatic ring is 1. The number of hydrogen-bond acceptors (Lipinski definition) is 10. The Morgan fingerprint density at radius 1 is 1.11 bits per heavy atom. The summed E-state index contributed by atoms with van der Waals surface area (Å²) in [6.07, 6.45) is 2.41. The number of carboxylic acids is 1. The van der Waals surface area contributed by atoms with Crippen molar-refractivity contribution >= 4 is 11.8 Å². The van der Waals surface area contributed by atoms with Crippen LogP contribution >= 0.6 is 0 Å². The van der Waals surface area contributed by atoms with Crippen molar-refractivity contribution in [3.05, 3.63) is 64.8 Å². The fourth-order valence-corrected chi connectivity index (χ4v) is 4.68. The van der Waals surface area contributed by atoms with Crippen LogP contribution < -0.4 is 16.0 Å². The Morgan fingerprint density at radius 3 is 2.47 bits per heavy atom. The van der Waals surface area contributed by atoms with Gasteiger partial charge in [-0.1, -0.05) is 6.07 Å². The molecule has 1 saturated heterocycles. The van der Waals surface area contributed by atoms with Crippen LogP contribution in [-0.4, -0.2) is 92.1 Å². The van der Waals surface area contributed by atoms with E-state index in [1.807, 2.05) is 29.9 Å². The SMILES string of the molecule is COCCN1CCC(n2cc(-c3cnc(N)c(-c4ccc(=O)n(-c5cc(OC)ccc5C)n4)n3)cn2)CC1.O=C(O)C(F)(F)F. The summed E-state index contributed by atoms with van der Waals surface area (Å²) in [7, 11) is 3.31. The minimum absolute atomic E-state index is 0.227. The summed E-state index contributed by atoms with van der Waals surface area (Å²) in [5.74, 6) is -1.90. The second-order valence-electron chi connectivity index (χ2n) is 10.2. The van der Waals surface area contributed by atoms with Crippen LogP contribution in [0.3, 0.4) is 0 Å². The quantitative estimate of drug-likeness (QED) is 0.293. The van der Waals surface area contributed by atoms with Crippen LogP contribution in [0.4, 0.5) is 19.0 Å². The third-order valence-electron chi connectivity index (χ3n) is 7.17. The van der Waals surface area contributed by atoms with Crippen LogP contribution in [0.5, 0.6) is 5.75 Å². The lowest BCUT2D eigenvalue weighted by atomic mass is 10.1. The van der Waals surface area contributed by atoms with Crippen molar-refractivity contribution in [3.8, 4) is 34.1 Å². The van der Waals surface area contributed by atoms with Gasteiger partial charge < -0.3 is 25.2 Å². The molecule has 5 rings (SSSR count). The number of rotatable bonds is 8. The third-order valence-corrected chi connectivity index (χ3v) is 7.17. The van der Waals surface area contributed by atoms with Gasteiger partial charge >= 0.3 is 12.1 Å². The Morgan fingerprint density at radius 2 is 1.82 bits per heavy atom. The highest BCUT2D eigenvalue weighted by molar-refractivity contribution is 5.73. The minimum atomic E-state index is -5.08. The van der Waals surface area contributed by atoms with Gasteiger partial charge in [0.2, 0.25) is 0 Å². The first kappa shape index (κ1) is 33.1. The first-order valence-corrected chi connectivity index (χ1v) is 13.9. The average molecular weight is 631 g/mol. The molecule has 0 bridgehead atoms. The molecule has 3 N–H and O–H groups in total. The van der Waals surface area contributed by atoms with Crippen LogP contribution in [0.2, 0.25) is 0 Å². The summed E-state index contributed by atoms with van der Waals surface area (Å²) in [5.41, 5.74) is 9.75. The molecule has 1 fully saturated rings. The standard InChI is InChI=1S/C27H32N8O3.C2HF3O2/c1-18-4-5-21(38-3)14-24(18)35-25(36)7-6-22(32-35)26-27(28)29-16-23(31-26)19-15-30-34(17-19)20-8-10-33(11-9-20)12-13-37-2;3-2(4,5)1(6)7/h4-7,14-17,20H,8-13H2,1-3H3,(H2,28,29);(H,6,7). The van der Waals surface area contributed by atoms with E-state index < -0.39 is 12.1 Å². The lowest BCUT2D eigenvalue weighted by molar-refractivity contribution is -0.192. The summed E-state index contributed by atoms with van der Waals surface area (Å²) in [6, 6.07) is 8.89. The summed E-state index contributed by atoms with van der Waals surface area (Å²) in [5, 5.41) is 16.3. The number of aliphatic carboxylic acids is 1. The van der Waals surface area contributed by atoms with Crippen molar-refractivity contribution in [3.63, 3.8) is 0 Å². The van der Waals surface area contributed by atoms with Gasteiger partial charge in [-0.25, -0.2) is 14.8 Å². The molecule has 1 aliphatic heterocycles. The van der Waals surface area contributed by atoms with Crippen molar-refractivity contribution in [2.45, 2.75) is 32.0 Å². The van der Waals surface area contributed by atoms with E-state index in [0.29, 0.717) is 34.6 Å². The lowest BCUT2D eigenvalue weighted by Crippen LogP contribution is -2.36. The number of anilines is 1. The number of halogens is 3. The van der Waals surface area contributed by atoms with Gasteiger partial charge in [0.15, 0.2) is 5.82 Å². The lowest BCUT2D eigenvalue weighted by Gasteiger charge is -2.31. The zero-order chi connectivity index (χ0) is 32.7. The molecule has 0 spiro atoms. The number of carbonyl (C=O) groups is 1. The summed E-state index contributed by atoms with van der Waals surface area (Å²) in [6.45, 7) is 5.65. The minimum Gasteiger partial charge on any atom is -0.497 e. The van der Waals surface area contributed by atoms with Gasteiger partial charge in [-0.2, -0.15) is 28.1 Å². The Bertz CT molecular complexity index is 1680. The van der Waals surface area contributed by atoms with E-state index in [1.54, 1.807) is 38.7 Å². The van der Waals surface area contributed by atoms with E-state index in [2.05, 4.69) is 20.1 Å². The van der Waals surface area contributed by atoms with Crippen molar-refractivity contribution < 1.29 is 32.5 Å². The Balaban J connectivity index is 0.000000591. The number of hydrogen-bond donors (Lipinski definition) is 2. The number of likely N-dealkylation sites (tertiary alicyclic amines) is 1. The van der Waals surface area contributed by atoms with E-state index >= 15 is 0 Å².